The van der Waals surface area contributed by atoms with Crippen molar-refractivity contribution < 1.29 is 19.1 Å². The van der Waals surface area contributed by atoms with Crippen LogP contribution in [-0.4, -0.2) is 59.3 Å². The first-order valence-corrected chi connectivity index (χ1v) is 10.7. The number of aromatic nitrogens is 2. The second-order valence-corrected chi connectivity index (χ2v) is 7.97. The summed E-state index contributed by atoms with van der Waals surface area (Å²) in [6.07, 6.45) is 6.39. The van der Waals surface area contributed by atoms with Crippen molar-refractivity contribution in [1.82, 2.24) is 25.5 Å². The number of carbonyl (C=O) groups is 3. The van der Waals surface area contributed by atoms with E-state index in [4.69, 9.17) is 4.74 Å². The summed E-state index contributed by atoms with van der Waals surface area (Å²) in [5.41, 5.74) is 1.33. The highest BCUT2D eigenvalue weighted by atomic mass is 16.5. The number of hydrogen-bond donors (Lipinski definition) is 2. The van der Waals surface area contributed by atoms with Crippen molar-refractivity contribution in [3.8, 4) is 5.75 Å². The Hall–Kier alpha value is -3.49. The number of hydrogen-bond acceptors (Lipinski definition) is 6. The van der Waals surface area contributed by atoms with Gasteiger partial charge in [0.1, 0.15) is 12.1 Å². The van der Waals surface area contributed by atoms with Gasteiger partial charge in [-0.05, 0) is 30.5 Å². The first-order valence-electron chi connectivity index (χ1n) is 10.7. The van der Waals surface area contributed by atoms with Gasteiger partial charge in [-0.3, -0.25) is 14.4 Å². The number of rotatable bonds is 6. The average molecular weight is 440 g/mol. The van der Waals surface area contributed by atoms with Gasteiger partial charge in [-0.1, -0.05) is 18.6 Å². The fraction of sp³-hybridized carbons (Fsp3) is 0.435. The molecule has 32 heavy (non-hydrogen) atoms. The van der Waals surface area contributed by atoms with Gasteiger partial charge in [-0.25, -0.2) is 9.97 Å². The Labute approximate surface area is 187 Å². The van der Waals surface area contributed by atoms with Gasteiger partial charge < -0.3 is 20.3 Å². The quantitative estimate of drug-likeness (QED) is 0.706. The molecule has 1 saturated heterocycles. The normalized spacial score (nSPS) is 19.3. The molecular weight excluding hydrogens is 410 g/mol. The van der Waals surface area contributed by atoms with E-state index in [2.05, 4.69) is 20.6 Å². The lowest BCUT2D eigenvalue weighted by molar-refractivity contribution is -0.135. The summed E-state index contributed by atoms with van der Waals surface area (Å²) < 4.78 is 5.15. The van der Waals surface area contributed by atoms with Gasteiger partial charge in [-0.15, -0.1) is 0 Å². The van der Waals surface area contributed by atoms with Crippen molar-refractivity contribution in [3.63, 3.8) is 0 Å². The van der Waals surface area contributed by atoms with E-state index in [0.717, 1.165) is 17.7 Å². The number of nitrogens with zero attached hydrogens (tertiary/aromatic N) is 3. The summed E-state index contributed by atoms with van der Waals surface area (Å²) in [6.45, 7) is 0.777. The van der Waals surface area contributed by atoms with Crippen LogP contribution in [0.2, 0.25) is 0 Å². The molecule has 2 aromatic rings. The molecule has 0 bridgehead atoms. The lowest BCUT2D eigenvalue weighted by atomic mass is 9.96. The van der Waals surface area contributed by atoms with Gasteiger partial charge in [0.2, 0.25) is 11.8 Å². The Morgan fingerprint density at radius 2 is 1.88 bits per heavy atom. The molecule has 3 amide bonds. The Morgan fingerprint density at radius 3 is 2.56 bits per heavy atom. The summed E-state index contributed by atoms with van der Waals surface area (Å²) in [7, 11) is 3.30. The highest BCUT2D eigenvalue weighted by Gasteiger charge is 2.27. The molecule has 1 aliphatic rings. The van der Waals surface area contributed by atoms with Crippen LogP contribution >= 0.6 is 0 Å². The molecule has 0 saturated carbocycles. The highest BCUT2D eigenvalue weighted by Crippen LogP contribution is 2.19. The fourth-order valence-corrected chi connectivity index (χ4v) is 3.71. The minimum Gasteiger partial charge on any atom is -0.497 e. The maximum atomic E-state index is 12.8. The van der Waals surface area contributed by atoms with Crippen molar-refractivity contribution in [1.29, 1.82) is 0 Å². The summed E-state index contributed by atoms with van der Waals surface area (Å²) in [5, 5.41) is 5.90. The molecule has 0 radical (unpaired) electrons. The van der Waals surface area contributed by atoms with E-state index in [1.807, 2.05) is 24.3 Å². The average Bonchev–Trinajstić information content (AvgIpc) is 2.88. The number of nitrogens with one attached hydrogen (secondary N) is 2. The van der Waals surface area contributed by atoms with Crippen LogP contribution in [0.5, 0.6) is 5.75 Å². The number of benzene rings is 1. The Morgan fingerprint density at radius 1 is 1.16 bits per heavy atom. The van der Waals surface area contributed by atoms with Gasteiger partial charge in [0, 0.05) is 50.9 Å². The molecule has 2 N–H and O–H groups in total. The smallest absolute Gasteiger partial charge is 0.254 e. The number of ether oxygens (including phenoxy) is 1. The van der Waals surface area contributed by atoms with Crippen molar-refractivity contribution in [3.05, 3.63) is 54.1 Å². The van der Waals surface area contributed by atoms with Crippen LogP contribution in [0.25, 0.3) is 0 Å². The van der Waals surface area contributed by atoms with Crippen LogP contribution < -0.4 is 15.4 Å². The first kappa shape index (κ1) is 23.2. The molecule has 0 unspecified atom stereocenters. The van der Waals surface area contributed by atoms with Gasteiger partial charge >= 0.3 is 0 Å². The molecule has 2 heterocycles. The second kappa shape index (κ2) is 11.2. The van der Waals surface area contributed by atoms with Crippen LogP contribution in [0.3, 0.4) is 0 Å². The van der Waals surface area contributed by atoms with Gasteiger partial charge in [0.05, 0.1) is 12.7 Å². The molecule has 0 aliphatic carbocycles. The maximum absolute atomic E-state index is 12.8. The zero-order valence-corrected chi connectivity index (χ0v) is 18.4. The molecule has 9 nitrogen and oxygen atoms in total. The van der Waals surface area contributed by atoms with Crippen molar-refractivity contribution in [2.75, 3.05) is 20.7 Å². The molecule has 1 fully saturated rings. The third kappa shape index (κ3) is 6.50. The van der Waals surface area contributed by atoms with Crippen molar-refractivity contribution in [2.24, 2.45) is 5.92 Å². The SMILES string of the molecule is COc1ccc(CNC(=O)[C@@H]2CCC[C@@H](NC(=O)c3cncnc3)CN(C)C(=O)C2)cc1. The van der Waals surface area contributed by atoms with Gasteiger partial charge in [0.25, 0.3) is 5.91 Å². The molecule has 0 spiro atoms. The van der Waals surface area contributed by atoms with E-state index < -0.39 is 5.92 Å². The zero-order chi connectivity index (χ0) is 22.9. The Balaban J connectivity index is 1.56. The number of amides is 3. The molecule has 1 aromatic carbocycles. The number of likely N-dealkylation sites (N-methyl/N-ethyl adjacent to an activating group) is 1. The van der Waals surface area contributed by atoms with Gasteiger partial charge in [-0.2, -0.15) is 0 Å². The van der Waals surface area contributed by atoms with Crippen LogP contribution in [0, 0.1) is 5.92 Å². The van der Waals surface area contributed by atoms with E-state index in [0.29, 0.717) is 31.5 Å². The monoisotopic (exact) mass is 439 g/mol. The van der Waals surface area contributed by atoms with Crippen LogP contribution in [0.1, 0.15) is 41.6 Å². The third-order valence-electron chi connectivity index (χ3n) is 5.60. The van der Waals surface area contributed by atoms with E-state index in [-0.39, 0.29) is 30.2 Å². The van der Waals surface area contributed by atoms with Gasteiger partial charge in [0.15, 0.2) is 0 Å². The minimum absolute atomic E-state index is 0.112. The topological polar surface area (TPSA) is 114 Å². The molecule has 1 aliphatic heterocycles. The molecule has 170 valence electrons. The molecule has 1 aromatic heterocycles. The maximum Gasteiger partial charge on any atom is 0.254 e. The summed E-state index contributed by atoms with van der Waals surface area (Å²) in [4.78, 5) is 47.2. The van der Waals surface area contributed by atoms with Crippen molar-refractivity contribution >= 4 is 17.7 Å². The highest BCUT2D eigenvalue weighted by molar-refractivity contribution is 5.93. The number of carbonyl (C=O) groups excluding carboxylic acids is 3. The van der Waals surface area contributed by atoms with E-state index in [9.17, 15) is 14.4 Å². The van der Waals surface area contributed by atoms with Crippen molar-refractivity contribution in [2.45, 2.75) is 38.3 Å². The molecule has 2 atom stereocenters. The van der Waals surface area contributed by atoms with E-state index >= 15 is 0 Å². The minimum atomic E-state index is -0.403. The number of methoxy groups -OCH3 is 1. The fourth-order valence-electron chi connectivity index (χ4n) is 3.71. The van der Waals surface area contributed by atoms with E-state index in [1.54, 1.807) is 19.1 Å². The first-order chi connectivity index (χ1) is 15.5. The summed E-state index contributed by atoms with van der Waals surface area (Å²) in [5.74, 6) is -0.165. The van der Waals surface area contributed by atoms with Crippen LogP contribution in [-0.2, 0) is 16.1 Å². The largest absolute Gasteiger partial charge is 0.497 e. The lowest BCUT2D eigenvalue weighted by Crippen LogP contribution is -2.44. The molecule has 9 heteroatoms. The lowest BCUT2D eigenvalue weighted by Gasteiger charge is -2.24. The van der Waals surface area contributed by atoms with E-state index in [1.165, 1.54) is 18.7 Å². The molecular formula is C23H29N5O4. The predicted molar refractivity (Wildman–Crippen MR) is 118 cm³/mol. The summed E-state index contributed by atoms with van der Waals surface area (Å²) in [6, 6.07) is 7.27. The third-order valence-corrected chi connectivity index (χ3v) is 5.60. The standard InChI is InChI=1S/C23H29N5O4/c1-28-14-19(27-23(31)18-12-24-15-25-13-18)5-3-4-17(10-21(28)29)22(30)26-11-16-6-8-20(32-2)9-7-16/h6-9,12-13,15,17,19H,3-5,10-11,14H2,1-2H3,(H,26,30)(H,27,31)/t17-,19-/m1/s1. The Kier molecular flexibility index (Phi) is 8.13. The molecule has 3 rings (SSSR count). The predicted octanol–water partition coefficient (Wildman–Crippen LogP) is 1.55. The van der Waals surface area contributed by atoms with Crippen LogP contribution in [0.15, 0.2) is 43.0 Å². The second-order valence-electron chi connectivity index (χ2n) is 7.97. The van der Waals surface area contributed by atoms with Crippen LogP contribution in [0.4, 0.5) is 0 Å². The Bertz CT molecular complexity index is 920. The zero-order valence-electron chi connectivity index (χ0n) is 18.4. The summed E-state index contributed by atoms with van der Waals surface area (Å²) >= 11 is 0.